The van der Waals surface area contributed by atoms with E-state index in [-0.39, 0.29) is 17.4 Å². The van der Waals surface area contributed by atoms with Gasteiger partial charge in [-0.1, -0.05) is 11.8 Å². The van der Waals surface area contributed by atoms with Crippen LogP contribution in [-0.4, -0.2) is 33.4 Å². The molecule has 31 heavy (non-hydrogen) atoms. The van der Waals surface area contributed by atoms with E-state index in [2.05, 4.69) is 10.2 Å². The second kappa shape index (κ2) is 8.77. The summed E-state index contributed by atoms with van der Waals surface area (Å²) in [7, 11) is 1.60. The van der Waals surface area contributed by atoms with Crippen molar-refractivity contribution in [3.63, 3.8) is 0 Å². The number of hydrogen-bond donors (Lipinski definition) is 0. The van der Waals surface area contributed by atoms with Gasteiger partial charge in [0.2, 0.25) is 5.89 Å². The minimum atomic E-state index is -0.299. The summed E-state index contributed by atoms with van der Waals surface area (Å²) in [6.07, 6.45) is 0. The van der Waals surface area contributed by atoms with E-state index in [0.29, 0.717) is 16.7 Å². The number of aryl methyl sites for hydroxylation is 1. The van der Waals surface area contributed by atoms with E-state index in [4.69, 9.17) is 9.15 Å². The summed E-state index contributed by atoms with van der Waals surface area (Å²) in [5, 5.41) is 8.40. The van der Waals surface area contributed by atoms with E-state index in [1.54, 1.807) is 19.2 Å². The minimum Gasteiger partial charge on any atom is -0.497 e. The van der Waals surface area contributed by atoms with Gasteiger partial charge in [-0.25, -0.2) is 4.39 Å². The summed E-state index contributed by atoms with van der Waals surface area (Å²) in [5.41, 5.74) is 3.90. The van der Waals surface area contributed by atoms with Crippen LogP contribution in [0.4, 0.5) is 4.39 Å². The average Bonchev–Trinajstić information content (AvgIpc) is 3.37. The molecule has 0 aliphatic carbocycles. The Hall–Kier alpha value is -3.39. The maximum Gasteiger partial charge on any atom is 0.277 e. The van der Waals surface area contributed by atoms with Gasteiger partial charge in [0.05, 0.1) is 12.9 Å². The number of hydrogen-bond acceptors (Lipinski definition) is 6. The van der Waals surface area contributed by atoms with Crippen LogP contribution in [0, 0.1) is 19.7 Å². The normalized spacial score (nSPS) is 11.0. The SMILES string of the molecule is COc1ccc(-c2nnc(SCC(=O)c3cc(C)n(-c4ccc(F)cc4)c3C)o2)cc1. The molecular weight excluding hydrogens is 417 g/mol. The van der Waals surface area contributed by atoms with Gasteiger partial charge in [-0.05, 0) is 68.4 Å². The highest BCUT2D eigenvalue weighted by Crippen LogP contribution is 2.27. The van der Waals surface area contributed by atoms with Crippen LogP contribution in [0.5, 0.6) is 5.75 Å². The fraction of sp³-hybridized carbons (Fsp3) is 0.174. The van der Waals surface area contributed by atoms with Crippen molar-refractivity contribution in [3.8, 4) is 22.9 Å². The predicted molar refractivity (Wildman–Crippen MR) is 117 cm³/mol. The number of rotatable bonds is 7. The van der Waals surface area contributed by atoms with Crippen LogP contribution in [0.1, 0.15) is 21.7 Å². The number of thioether (sulfide) groups is 1. The maximum atomic E-state index is 13.3. The van der Waals surface area contributed by atoms with E-state index in [9.17, 15) is 9.18 Å². The molecule has 0 saturated heterocycles. The Morgan fingerprint density at radius 1 is 1.10 bits per heavy atom. The minimum absolute atomic E-state index is 0.0457. The molecule has 0 amide bonds. The molecule has 6 nitrogen and oxygen atoms in total. The van der Waals surface area contributed by atoms with E-state index in [0.717, 1.165) is 28.4 Å². The smallest absolute Gasteiger partial charge is 0.277 e. The summed E-state index contributed by atoms with van der Waals surface area (Å²) in [5.74, 6) is 0.940. The first kappa shape index (κ1) is 20.9. The van der Waals surface area contributed by atoms with Crippen molar-refractivity contribution in [3.05, 3.63) is 77.4 Å². The number of aromatic nitrogens is 3. The van der Waals surface area contributed by atoms with Crippen molar-refractivity contribution < 1.29 is 18.3 Å². The van der Waals surface area contributed by atoms with Gasteiger partial charge in [0, 0.05) is 28.2 Å². The summed E-state index contributed by atoms with van der Waals surface area (Å²) >= 11 is 1.19. The van der Waals surface area contributed by atoms with E-state index >= 15 is 0 Å². The van der Waals surface area contributed by atoms with Crippen molar-refractivity contribution in [2.24, 2.45) is 0 Å². The highest BCUT2D eigenvalue weighted by atomic mass is 32.2. The topological polar surface area (TPSA) is 70.2 Å². The van der Waals surface area contributed by atoms with Crippen molar-refractivity contribution in [1.29, 1.82) is 0 Å². The summed E-state index contributed by atoms with van der Waals surface area (Å²) in [6, 6.07) is 15.3. The second-order valence-corrected chi connectivity index (χ2v) is 7.84. The summed E-state index contributed by atoms with van der Waals surface area (Å²) in [6.45, 7) is 3.79. The molecule has 2 aromatic heterocycles. The lowest BCUT2D eigenvalue weighted by molar-refractivity contribution is 0.102. The van der Waals surface area contributed by atoms with Gasteiger partial charge in [-0.2, -0.15) is 0 Å². The van der Waals surface area contributed by atoms with Crippen LogP contribution >= 0.6 is 11.8 Å². The number of nitrogens with zero attached hydrogens (tertiary/aromatic N) is 3. The highest BCUT2D eigenvalue weighted by molar-refractivity contribution is 7.99. The maximum absolute atomic E-state index is 13.3. The number of carbonyl (C=O) groups excluding carboxylic acids is 1. The number of Topliss-reactive ketones (excluding diaryl/α,β-unsaturated/α-hetero) is 1. The molecule has 0 spiro atoms. The number of ether oxygens (including phenoxy) is 1. The molecule has 4 rings (SSSR count). The third-order valence-corrected chi connectivity index (χ3v) is 5.70. The predicted octanol–water partition coefficient (Wildman–Crippen LogP) is 5.27. The Balaban J connectivity index is 1.46. The molecule has 0 unspecified atom stereocenters. The molecule has 158 valence electrons. The van der Waals surface area contributed by atoms with Crippen molar-refractivity contribution in [2.75, 3.05) is 12.9 Å². The molecule has 0 radical (unpaired) electrons. The average molecular weight is 437 g/mol. The molecule has 2 heterocycles. The van der Waals surface area contributed by atoms with E-state index in [1.165, 1.54) is 23.9 Å². The third-order valence-electron chi connectivity index (χ3n) is 4.89. The van der Waals surface area contributed by atoms with Crippen LogP contribution in [-0.2, 0) is 0 Å². The Morgan fingerprint density at radius 2 is 1.81 bits per heavy atom. The van der Waals surface area contributed by atoms with Crippen molar-refractivity contribution >= 4 is 17.5 Å². The lowest BCUT2D eigenvalue weighted by Crippen LogP contribution is -2.05. The van der Waals surface area contributed by atoms with Gasteiger partial charge in [0.25, 0.3) is 5.22 Å². The first-order valence-corrected chi connectivity index (χ1v) is 10.5. The number of carbonyl (C=O) groups is 1. The lowest BCUT2D eigenvalue weighted by atomic mass is 10.2. The van der Waals surface area contributed by atoms with Crippen molar-refractivity contribution in [2.45, 2.75) is 19.1 Å². The van der Waals surface area contributed by atoms with Crippen LogP contribution in [0.2, 0.25) is 0 Å². The van der Waals surface area contributed by atoms with Gasteiger partial charge in [0.15, 0.2) is 5.78 Å². The van der Waals surface area contributed by atoms with Crippen molar-refractivity contribution in [1.82, 2.24) is 14.8 Å². The third kappa shape index (κ3) is 4.39. The lowest BCUT2D eigenvalue weighted by Gasteiger charge is -2.09. The molecule has 0 aliphatic heterocycles. The van der Waals surface area contributed by atoms with Crippen LogP contribution in [0.25, 0.3) is 17.1 Å². The van der Waals surface area contributed by atoms with Gasteiger partial charge in [-0.15, -0.1) is 10.2 Å². The van der Waals surface area contributed by atoms with Crippen LogP contribution in [0.3, 0.4) is 0 Å². The van der Waals surface area contributed by atoms with Gasteiger partial charge < -0.3 is 13.7 Å². The Kier molecular flexibility index (Phi) is 5.90. The van der Waals surface area contributed by atoms with Gasteiger partial charge in [-0.3, -0.25) is 4.79 Å². The van der Waals surface area contributed by atoms with Crippen LogP contribution in [0.15, 0.2) is 64.2 Å². The monoisotopic (exact) mass is 437 g/mol. The fourth-order valence-electron chi connectivity index (χ4n) is 3.36. The molecule has 4 aromatic rings. The van der Waals surface area contributed by atoms with Gasteiger partial charge >= 0.3 is 0 Å². The quantitative estimate of drug-likeness (QED) is 0.290. The number of ketones is 1. The zero-order chi connectivity index (χ0) is 22.0. The first-order chi connectivity index (χ1) is 15.0. The number of benzene rings is 2. The Morgan fingerprint density at radius 3 is 2.48 bits per heavy atom. The fourth-order valence-corrected chi connectivity index (χ4v) is 4.00. The highest BCUT2D eigenvalue weighted by Gasteiger charge is 2.18. The van der Waals surface area contributed by atoms with E-state index < -0.39 is 0 Å². The largest absolute Gasteiger partial charge is 0.497 e. The summed E-state index contributed by atoms with van der Waals surface area (Å²) in [4.78, 5) is 12.8. The zero-order valence-corrected chi connectivity index (χ0v) is 18.1. The standard InChI is InChI=1S/C23H20FN3O3S/c1-14-12-20(15(2)27(14)18-8-6-17(24)7-9-18)21(28)13-31-23-26-25-22(30-23)16-4-10-19(29-3)11-5-16/h4-12H,13H2,1-3H3. The molecule has 0 atom stereocenters. The second-order valence-electron chi connectivity index (χ2n) is 6.91. The number of methoxy groups -OCH3 is 1. The molecule has 2 aromatic carbocycles. The molecule has 8 heteroatoms. The number of halogens is 1. The molecule has 0 fully saturated rings. The summed E-state index contributed by atoms with van der Waals surface area (Å²) < 4.78 is 26.0. The van der Waals surface area contributed by atoms with E-state index in [1.807, 2.05) is 48.7 Å². The van der Waals surface area contributed by atoms with Gasteiger partial charge in [0.1, 0.15) is 11.6 Å². The Bertz CT molecular complexity index is 1210. The first-order valence-electron chi connectivity index (χ1n) is 9.55. The molecule has 0 N–H and O–H groups in total. The molecule has 0 bridgehead atoms. The molecule has 0 aliphatic rings. The molecular formula is C23H20FN3O3S. The Labute approximate surface area is 183 Å². The molecule has 0 saturated carbocycles. The van der Waals surface area contributed by atoms with Crippen LogP contribution < -0.4 is 4.74 Å². The zero-order valence-electron chi connectivity index (χ0n) is 17.3.